The molecule has 0 aliphatic heterocycles. The van der Waals surface area contributed by atoms with Crippen LogP contribution in [0.3, 0.4) is 0 Å². The molecule has 2 aromatic heterocycles. The molecule has 2 heterocycles. The smallest absolute Gasteiger partial charge is 0.251 e. The first-order valence-electron chi connectivity index (χ1n) is 6.49. The predicted molar refractivity (Wildman–Crippen MR) is 80.0 cm³/mol. The molecule has 2 N–H and O–H groups in total. The van der Waals surface area contributed by atoms with E-state index in [1.165, 1.54) is 17.1 Å². The fraction of sp³-hybridized carbons (Fsp3) is 0. The third-order valence-corrected chi connectivity index (χ3v) is 3.17. The van der Waals surface area contributed by atoms with Gasteiger partial charge in [0.25, 0.3) is 5.91 Å². The molecule has 0 aliphatic rings. The molecular weight excluding hydrogens is 278 g/mol. The Morgan fingerprint density at radius 1 is 1.23 bits per heavy atom. The van der Waals surface area contributed by atoms with Crippen LogP contribution in [0.1, 0.15) is 15.9 Å². The minimum atomic E-state index is -0.555. The van der Waals surface area contributed by atoms with Crippen LogP contribution in [0.15, 0.2) is 55.0 Å². The minimum absolute atomic E-state index is 0.297. The van der Waals surface area contributed by atoms with Crippen LogP contribution in [-0.4, -0.2) is 20.7 Å². The van der Waals surface area contributed by atoms with Gasteiger partial charge in [-0.2, -0.15) is 10.4 Å². The first-order chi connectivity index (χ1) is 10.7. The van der Waals surface area contributed by atoms with Crippen molar-refractivity contribution in [3.05, 3.63) is 66.1 Å². The van der Waals surface area contributed by atoms with Crippen molar-refractivity contribution in [1.29, 1.82) is 5.26 Å². The highest BCUT2D eigenvalue weighted by molar-refractivity contribution is 5.92. The summed E-state index contributed by atoms with van der Waals surface area (Å²) in [6.45, 7) is 0. The van der Waals surface area contributed by atoms with E-state index in [1.54, 1.807) is 12.3 Å². The van der Waals surface area contributed by atoms with Crippen molar-refractivity contribution >= 4 is 5.91 Å². The molecule has 0 saturated heterocycles. The van der Waals surface area contributed by atoms with Crippen LogP contribution < -0.4 is 5.73 Å². The molecule has 0 spiro atoms. The van der Waals surface area contributed by atoms with Gasteiger partial charge in [0, 0.05) is 11.8 Å². The maximum Gasteiger partial charge on any atom is 0.251 e. The number of nitrogens with zero attached hydrogens (tertiary/aromatic N) is 4. The van der Waals surface area contributed by atoms with E-state index in [-0.39, 0.29) is 0 Å². The maximum atomic E-state index is 11.1. The SMILES string of the molecule is N#Cc1cc(-n2cc(C(N)=O)cn2)cnc1-c1ccccc1. The largest absolute Gasteiger partial charge is 0.366 e. The van der Waals surface area contributed by atoms with Gasteiger partial charge in [0.15, 0.2) is 0 Å². The highest BCUT2D eigenvalue weighted by Gasteiger charge is 2.10. The molecule has 0 aliphatic carbocycles. The van der Waals surface area contributed by atoms with Gasteiger partial charge in [-0.15, -0.1) is 0 Å². The number of nitriles is 1. The van der Waals surface area contributed by atoms with Crippen molar-refractivity contribution in [3.63, 3.8) is 0 Å². The van der Waals surface area contributed by atoms with E-state index in [0.29, 0.717) is 22.5 Å². The quantitative estimate of drug-likeness (QED) is 0.796. The first kappa shape index (κ1) is 13.5. The fourth-order valence-corrected chi connectivity index (χ4v) is 2.08. The van der Waals surface area contributed by atoms with Crippen molar-refractivity contribution in [1.82, 2.24) is 14.8 Å². The zero-order valence-corrected chi connectivity index (χ0v) is 11.5. The second-order valence-corrected chi connectivity index (χ2v) is 4.61. The highest BCUT2D eigenvalue weighted by atomic mass is 16.1. The van der Waals surface area contributed by atoms with Crippen LogP contribution in [0, 0.1) is 11.3 Å². The highest BCUT2D eigenvalue weighted by Crippen LogP contribution is 2.22. The van der Waals surface area contributed by atoms with E-state index in [2.05, 4.69) is 16.2 Å². The zero-order chi connectivity index (χ0) is 15.5. The summed E-state index contributed by atoms with van der Waals surface area (Å²) < 4.78 is 1.46. The summed E-state index contributed by atoms with van der Waals surface area (Å²) in [6, 6.07) is 13.3. The zero-order valence-electron chi connectivity index (χ0n) is 11.5. The molecule has 6 heteroatoms. The Balaban J connectivity index is 2.05. The van der Waals surface area contributed by atoms with E-state index >= 15 is 0 Å². The van der Waals surface area contributed by atoms with Crippen molar-refractivity contribution < 1.29 is 4.79 Å². The predicted octanol–water partition coefficient (Wildman–Crippen LogP) is 1.90. The molecule has 106 valence electrons. The maximum absolute atomic E-state index is 11.1. The summed E-state index contributed by atoms with van der Waals surface area (Å²) in [5.41, 5.74) is 7.99. The van der Waals surface area contributed by atoms with Crippen LogP contribution >= 0.6 is 0 Å². The van der Waals surface area contributed by atoms with Gasteiger partial charge in [-0.25, -0.2) is 4.68 Å². The average Bonchev–Trinajstić information content (AvgIpc) is 3.05. The number of nitrogens with two attached hydrogens (primary N) is 1. The Labute approximate surface area is 126 Å². The van der Waals surface area contributed by atoms with Crippen molar-refractivity contribution in [2.75, 3.05) is 0 Å². The lowest BCUT2D eigenvalue weighted by Gasteiger charge is -2.06. The molecule has 1 aromatic carbocycles. The molecule has 0 atom stereocenters. The molecular formula is C16H11N5O. The lowest BCUT2D eigenvalue weighted by molar-refractivity contribution is 0.100. The van der Waals surface area contributed by atoms with Gasteiger partial charge >= 0.3 is 0 Å². The topological polar surface area (TPSA) is 97.6 Å². The lowest BCUT2D eigenvalue weighted by atomic mass is 10.1. The molecule has 1 amide bonds. The average molecular weight is 289 g/mol. The van der Waals surface area contributed by atoms with Crippen LogP contribution in [-0.2, 0) is 0 Å². The summed E-state index contributed by atoms with van der Waals surface area (Å²) >= 11 is 0. The number of pyridine rings is 1. The molecule has 6 nitrogen and oxygen atoms in total. The molecule has 0 unspecified atom stereocenters. The number of benzene rings is 1. The lowest BCUT2D eigenvalue weighted by Crippen LogP contribution is -2.09. The van der Waals surface area contributed by atoms with Crippen molar-refractivity contribution in [2.45, 2.75) is 0 Å². The summed E-state index contributed by atoms with van der Waals surface area (Å²) in [5, 5.41) is 13.4. The Morgan fingerprint density at radius 3 is 2.64 bits per heavy atom. The third kappa shape index (κ3) is 2.43. The monoisotopic (exact) mass is 289 g/mol. The number of aromatic nitrogens is 3. The van der Waals surface area contributed by atoms with Gasteiger partial charge < -0.3 is 5.73 Å². The van der Waals surface area contributed by atoms with E-state index in [1.807, 2.05) is 30.3 Å². The Kier molecular flexibility index (Phi) is 3.38. The second kappa shape index (κ2) is 5.50. The standard InChI is InChI=1S/C16H11N5O/c17-7-12-6-14(21-10-13(8-20-21)16(18)22)9-19-15(12)11-4-2-1-3-5-11/h1-6,8-10H,(H2,18,22). The van der Waals surface area contributed by atoms with Gasteiger partial charge in [-0.05, 0) is 6.07 Å². The van der Waals surface area contributed by atoms with Gasteiger partial charge in [0.2, 0.25) is 0 Å². The Bertz CT molecular complexity index is 877. The molecule has 3 aromatic rings. The first-order valence-corrected chi connectivity index (χ1v) is 6.49. The van der Waals surface area contributed by atoms with Crippen LogP contribution in [0.25, 0.3) is 16.9 Å². The number of carbonyl (C=O) groups is 1. The molecule has 0 bridgehead atoms. The van der Waals surface area contributed by atoms with Crippen LogP contribution in [0.4, 0.5) is 0 Å². The van der Waals surface area contributed by atoms with E-state index < -0.39 is 5.91 Å². The van der Waals surface area contributed by atoms with E-state index in [4.69, 9.17) is 5.73 Å². The summed E-state index contributed by atoms with van der Waals surface area (Å²) in [4.78, 5) is 15.5. The fourth-order valence-electron chi connectivity index (χ4n) is 2.08. The van der Waals surface area contributed by atoms with Gasteiger partial charge in [0.1, 0.15) is 6.07 Å². The number of carbonyl (C=O) groups excluding carboxylic acids is 1. The van der Waals surface area contributed by atoms with E-state index in [9.17, 15) is 10.1 Å². The van der Waals surface area contributed by atoms with Crippen molar-refractivity contribution in [3.8, 4) is 23.0 Å². The Hall–Kier alpha value is -3.46. The minimum Gasteiger partial charge on any atom is -0.366 e. The van der Waals surface area contributed by atoms with Gasteiger partial charge in [-0.3, -0.25) is 9.78 Å². The van der Waals surface area contributed by atoms with Gasteiger partial charge in [-0.1, -0.05) is 30.3 Å². The second-order valence-electron chi connectivity index (χ2n) is 4.61. The summed E-state index contributed by atoms with van der Waals surface area (Å²) in [7, 11) is 0. The number of primary amides is 1. The van der Waals surface area contributed by atoms with Crippen LogP contribution in [0.2, 0.25) is 0 Å². The number of hydrogen-bond donors (Lipinski definition) is 1. The molecule has 3 rings (SSSR count). The van der Waals surface area contributed by atoms with Crippen LogP contribution in [0.5, 0.6) is 0 Å². The molecule has 0 fully saturated rings. The molecule has 0 radical (unpaired) electrons. The number of rotatable bonds is 3. The molecule has 22 heavy (non-hydrogen) atoms. The van der Waals surface area contributed by atoms with Gasteiger partial charge in [0.05, 0.1) is 34.9 Å². The van der Waals surface area contributed by atoms with E-state index in [0.717, 1.165) is 5.56 Å². The molecule has 0 saturated carbocycles. The third-order valence-electron chi connectivity index (χ3n) is 3.17. The summed E-state index contributed by atoms with van der Waals surface area (Å²) in [6.07, 6.45) is 4.48. The van der Waals surface area contributed by atoms with Crippen molar-refractivity contribution in [2.24, 2.45) is 5.73 Å². The summed E-state index contributed by atoms with van der Waals surface area (Å²) in [5.74, 6) is -0.555. The Morgan fingerprint density at radius 2 is 2.00 bits per heavy atom. The normalized spacial score (nSPS) is 10.1. The number of hydrogen-bond acceptors (Lipinski definition) is 4. The number of amides is 1.